The molecule has 1 rings (SSSR count). The fourth-order valence-electron chi connectivity index (χ4n) is 13.1. The first-order chi connectivity index (χ1) is 45.7. The number of nitrogens with one attached hydrogen (secondary N) is 1. The van der Waals surface area contributed by atoms with E-state index in [1.807, 2.05) is 6.08 Å². The van der Waals surface area contributed by atoms with Crippen LogP contribution in [-0.2, 0) is 23.8 Å². The van der Waals surface area contributed by atoms with Crippen LogP contribution in [0.4, 0.5) is 0 Å². The smallest absolute Gasteiger partial charge is 0.305 e. The standard InChI is InChI=1S/C82H155NO10/c1-3-5-7-9-11-13-15-16-42-46-50-54-58-62-66-70-78(87)91-71-67-63-59-55-51-47-44-41-39-37-35-33-31-29-27-25-23-21-19-17-18-20-22-24-26-28-30-32-34-36-38-40-43-45-49-53-57-61-65-69-77(86)83-74(73-92-82-81(90)80(89)79(88)76(72-84)93-82)75(85)68-64-60-56-52-48-14-12-10-8-6-4-2/h16-18,42,64,68,74-76,79-82,84-85,88-90H,3-15,19-41,43-63,65-67,69-73H2,1-2H3,(H,83,86)/b18-17-,42-16-,68-64+. The number of hydrogen-bond donors (Lipinski definition) is 6. The summed E-state index contributed by atoms with van der Waals surface area (Å²) in [7, 11) is 0. The largest absolute Gasteiger partial charge is 0.466 e. The first-order valence-corrected chi connectivity index (χ1v) is 40.8. The van der Waals surface area contributed by atoms with Crippen LogP contribution in [-0.4, -0.2) is 100 Å². The van der Waals surface area contributed by atoms with Crippen molar-refractivity contribution in [2.75, 3.05) is 19.8 Å². The van der Waals surface area contributed by atoms with Gasteiger partial charge in [-0.25, -0.2) is 0 Å². The molecule has 0 bridgehead atoms. The lowest BCUT2D eigenvalue weighted by Gasteiger charge is -2.40. The van der Waals surface area contributed by atoms with Crippen LogP contribution in [0.1, 0.15) is 412 Å². The molecule has 0 aliphatic carbocycles. The van der Waals surface area contributed by atoms with E-state index < -0.39 is 49.5 Å². The Morgan fingerprint density at radius 1 is 0.387 bits per heavy atom. The quantitative estimate of drug-likeness (QED) is 0.0195. The predicted octanol–water partition coefficient (Wildman–Crippen LogP) is 22.1. The van der Waals surface area contributed by atoms with E-state index in [0.717, 1.165) is 57.8 Å². The van der Waals surface area contributed by atoms with Crippen LogP contribution >= 0.6 is 0 Å². The van der Waals surface area contributed by atoms with Crippen LogP contribution in [0.15, 0.2) is 36.5 Å². The lowest BCUT2D eigenvalue weighted by molar-refractivity contribution is -0.302. The maximum absolute atomic E-state index is 13.1. The Bertz CT molecular complexity index is 1640. The number of rotatable bonds is 73. The summed E-state index contributed by atoms with van der Waals surface area (Å²) in [6.07, 6.45) is 83.4. The molecule has 93 heavy (non-hydrogen) atoms. The zero-order valence-corrected chi connectivity index (χ0v) is 61.2. The van der Waals surface area contributed by atoms with Crippen LogP contribution in [0.2, 0.25) is 0 Å². The molecule has 1 fully saturated rings. The minimum atomic E-state index is -1.57. The molecular weight excluding hydrogens is 1160 g/mol. The Labute approximate surface area is 574 Å². The summed E-state index contributed by atoms with van der Waals surface area (Å²) in [5.41, 5.74) is 0. The molecule has 1 saturated heterocycles. The Kier molecular flexibility index (Phi) is 68.0. The van der Waals surface area contributed by atoms with Gasteiger partial charge in [0.25, 0.3) is 0 Å². The van der Waals surface area contributed by atoms with Gasteiger partial charge in [0, 0.05) is 12.8 Å². The number of hydrogen-bond acceptors (Lipinski definition) is 10. The monoisotopic (exact) mass is 1310 g/mol. The van der Waals surface area contributed by atoms with Gasteiger partial charge in [-0.15, -0.1) is 0 Å². The molecule has 11 heteroatoms. The number of carbonyl (C=O) groups excluding carboxylic acids is 2. The van der Waals surface area contributed by atoms with E-state index in [4.69, 9.17) is 14.2 Å². The number of amides is 1. The molecule has 7 unspecified atom stereocenters. The van der Waals surface area contributed by atoms with Gasteiger partial charge in [0.1, 0.15) is 24.4 Å². The molecule has 1 aliphatic rings. The Balaban J connectivity index is 1.86. The van der Waals surface area contributed by atoms with Crippen LogP contribution in [0.25, 0.3) is 0 Å². The minimum absolute atomic E-state index is 0.00942. The summed E-state index contributed by atoms with van der Waals surface area (Å²) in [4.78, 5) is 25.2. The molecule has 0 saturated carbocycles. The number of aliphatic hydroxyl groups excluding tert-OH is 5. The first-order valence-electron chi connectivity index (χ1n) is 40.8. The number of aliphatic hydroxyl groups is 5. The molecular formula is C82H155NO10. The summed E-state index contributed by atoms with van der Waals surface area (Å²) < 4.78 is 16.8. The summed E-state index contributed by atoms with van der Waals surface area (Å²) in [6, 6.07) is -0.806. The molecule has 7 atom stereocenters. The molecule has 1 amide bonds. The third-order valence-electron chi connectivity index (χ3n) is 19.5. The highest BCUT2D eigenvalue weighted by Gasteiger charge is 2.44. The second kappa shape index (κ2) is 71.2. The Morgan fingerprint density at radius 2 is 0.688 bits per heavy atom. The molecule has 11 nitrogen and oxygen atoms in total. The molecule has 0 aromatic rings. The van der Waals surface area contributed by atoms with Crippen molar-refractivity contribution in [3.8, 4) is 0 Å². The summed E-state index contributed by atoms with van der Waals surface area (Å²) >= 11 is 0. The van der Waals surface area contributed by atoms with Crippen molar-refractivity contribution < 1.29 is 49.3 Å². The van der Waals surface area contributed by atoms with Gasteiger partial charge in [0.2, 0.25) is 5.91 Å². The molecule has 548 valence electrons. The van der Waals surface area contributed by atoms with E-state index in [1.165, 1.54) is 327 Å². The van der Waals surface area contributed by atoms with Gasteiger partial charge in [0.15, 0.2) is 6.29 Å². The van der Waals surface area contributed by atoms with Crippen LogP contribution in [0.3, 0.4) is 0 Å². The fraction of sp³-hybridized carbons (Fsp3) is 0.902. The minimum Gasteiger partial charge on any atom is -0.466 e. The third kappa shape index (κ3) is 59.6. The van der Waals surface area contributed by atoms with Gasteiger partial charge in [-0.2, -0.15) is 0 Å². The van der Waals surface area contributed by atoms with Crippen molar-refractivity contribution in [1.82, 2.24) is 5.32 Å². The van der Waals surface area contributed by atoms with Gasteiger partial charge in [-0.3, -0.25) is 9.59 Å². The zero-order chi connectivity index (χ0) is 67.2. The first kappa shape index (κ1) is 88.9. The van der Waals surface area contributed by atoms with Crippen molar-refractivity contribution in [2.24, 2.45) is 0 Å². The van der Waals surface area contributed by atoms with E-state index in [1.54, 1.807) is 6.08 Å². The van der Waals surface area contributed by atoms with E-state index in [2.05, 4.69) is 43.5 Å². The van der Waals surface area contributed by atoms with E-state index >= 15 is 0 Å². The van der Waals surface area contributed by atoms with Crippen molar-refractivity contribution >= 4 is 11.9 Å². The third-order valence-corrected chi connectivity index (χ3v) is 19.5. The van der Waals surface area contributed by atoms with E-state index in [0.29, 0.717) is 19.4 Å². The lowest BCUT2D eigenvalue weighted by Crippen LogP contribution is -2.60. The SMILES string of the molecule is CCCCCCCC/C=C\CCCCCCCC(=O)OCCCCCCCCCCCCCCCCCCCC/C=C\CCCCCCCCCCCCCCCCCCCC(=O)NC(COC1OC(CO)C(O)C(O)C1O)C(O)/C=C/CCCCCCCCCCC. The normalized spacial score (nSPS) is 17.6. The predicted molar refractivity (Wildman–Crippen MR) is 394 cm³/mol. The number of carbonyl (C=O) groups is 2. The molecule has 0 spiro atoms. The average Bonchev–Trinajstić information content (AvgIpc) is 1.20. The van der Waals surface area contributed by atoms with E-state index in [9.17, 15) is 35.1 Å². The molecule has 1 heterocycles. The summed E-state index contributed by atoms with van der Waals surface area (Å²) in [5, 5.41) is 54.5. The number of esters is 1. The van der Waals surface area contributed by atoms with Crippen molar-refractivity contribution in [2.45, 2.75) is 455 Å². The van der Waals surface area contributed by atoms with Crippen molar-refractivity contribution in [1.29, 1.82) is 0 Å². The average molecular weight is 1320 g/mol. The second-order valence-corrected chi connectivity index (χ2v) is 28.5. The van der Waals surface area contributed by atoms with Gasteiger partial charge in [-0.1, -0.05) is 352 Å². The fourth-order valence-corrected chi connectivity index (χ4v) is 13.1. The Morgan fingerprint density at radius 3 is 1.03 bits per heavy atom. The molecule has 0 aromatic carbocycles. The van der Waals surface area contributed by atoms with Crippen LogP contribution < -0.4 is 5.32 Å². The van der Waals surface area contributed by atoms with Gasteiger partial charge in [-0.05, 0) is 83.5 Å². The van der Waals surface area contributed by atoms with Crippen molar-refractivity contribution in [3.05, 3.63) is 36.5 Å². The molecule has 6 N–H and O–H groups in total. The molecule has 1 aliphatic heterocycles. The highest BCUT2D eigenvalue weighted by Crippen LogP contribution is 2.24. The maximum Gasteiger partial charge on any atom is 0.305 e. The second-order valence-electron chi connectivity index (χ2n) is 28.5. The highest BCUT2D eigenvalue weighted by atomic mass is 16.7. The van der Waals surface area contributed by atoms with Gasteiger partial charge >= 0.3 is 5.97 Å². The number of unbranched alkanes of at least 4 members (excludes halogenated alkanes) is 55. The lowest BCUT2D eigenvalue weighted by atomic mass is 9.99. The summed E-state index contributed by atoms with van der Waals surface area (Å²) in [6.45, 7) is 4.38. The van der Waals surface area contributed by atoms with Crippen LogP contribution in [0.5, 0.6) is 0 Å². The molecule has 0 aromatic heterocycles. The Hall–Kier alpha value is -2.12. The van der Waals surface area contributed by atoms with Gasteiger partial charge in [0.05, 0.1) is 32.0 Å². The topological polar surface area (TPSA) is 175 Å². The highest BCUT2D eigenvalue weighted by molar-refractivity contribution is 5.76. The maximum atomic E-state index is 13.1. The number of ether oxygens (including phenoxy) is 3. The van der Waals surface area contributed by atoms with Gasteiger partial charge < -0.3 is 45.1 Å². The van der Waals surface area contributed by atoms with Crippen molar-refractivity contribution in [3.63, 3.8) is 0 Å². The van der Waals surface area contributed by atoms with Crippen LogP contribution in [0, 0.1) is 0 Å². The summed E-state index contributed by atoms with van der Waals surface area (Å²) in [5.74, 6) is -0.167. The van der Waals surface area contributed by atoms with E-state index in [-0.39, 0.29) is 18.5 Å². The number of allylic oxidation sites excluding steroid dienone is 5. The zero-order valence-electron chi connectivity index (χ0n) is 61.2. The molecule has 0 radical (unpaired) electrons.